The summed E-state index contributed by atoms with van der Waals surface area (Å²) in [6, 6.07) is 34.1. The van der Waals surface area contributed by atoms with Crippen LogP contribution in [0.1, 0.15) is 119 Å². The van der Waals surface area contributed by atoms with E-state index in [4.69, 9.17) is 20.9 Å². The van der Waals surface area contributed by atoms with Crippen LogP contribution in [-0.2, 0) is 5.41 Å². The molecular weight excluding hydrogens is 731 g/mol. The van der Waals surface area contributed by atoms with Gasteiger partial charge in [0.2, 0.25) is 0 Å². The van der Waals surface area contributed by atoms with E-state index in [0.717, 1.165) is 61.3 Å². The fraction of sp³-hybridized carbons (Fsp3) is 0.250. The van der Waals surface area contributed by atoms with Crippen molar-refractivity contribution >= 4 is 11.0 Å². The summed E-state index contributed by atoms with van der Waals surface area (Å²) in [6.45, 7) is 15.8. The van der Waals surface area contributed by atoms with E-state index in [1.165, 1.54) is 0 Å². The van der Waals surface area contributed by atoms with Crippen molar-refractivity contribution in [1.29, 1.82) is 0 Å². The Bertz CT molecular complexity index is 3220. The van der Waals surface area contributed by atoms with E-state index < -0.39 is 42.5 Å². The third-order valence-electron chi connectivity index (χ3n) is 11.4. The van der Waals surface area contributed by atoms with Gasteiger partial charge in [-0.2, -0.15) is 0 Å². The van der Waals surface area contributed by atoms with Gasteiger partial charge in [-0.15, -0.1) is 0 Å². The maximum atomic E-state index is 12.3. The molecule has 0 amide bonds. The van der Waals surface area contributed by atoms with E-state index in [-0.39, 0.29) is 28.6 Å². The highest BCUT2D eigenvalue weighted by atomic mass is 16.3. The number of para-hydroxylation sites is 1. The molecule has 6 aromatic carbocycles. The fourth-order valence-electron chi connectivity index (χ4n) is 7.84. The molecule has 8 rings (SSSR count). The van der Waals surface area contributed by atoms with Gasteiger partial charge >= 0.3 is 0 Å². The number of aromatic hydroxyl groups is 1. The molecule has 1 N–H and O–H groups in total. The van der Waals surface area contributed by atoms with E-state index in [2.05, 4.69) is 102 Å². The molecule has 0 fully saturated rings. The first-order valence-electron chi connectivity index (χ1n) is 24.7. The normalized spacial score (nSPS) is 14.3. The Morgan fingerprint density at radius 2 is 1.38 bits per heavy atom. The van der Waals surface area contributed by atoms with Crippen molar-refractivity contribution in [2.75, 3.05) is 0 Å². The summed E-state index contributed by atoms with van der Waals surface area (Å²) in [7, 11) is 0. The number of phenols is 1. The van der Waals surface area contributed by atoms with Gasteiger partial charge in [0.05, 0.1) is 33.5 Å². The SMILES string of the molecule is [2H]c1c([2H])c(C([2H])([2H])[2H])c([2H])c([2H])c1-c1ccnc(-c2cc(-c3cccc4c3nc(-c3cc(C(C)C)cc(C(C)C)c3O)n4-c3ccc(C([2H])(C)C)cc3-c3ccccc3)cc(C(C)(C)C)c2)c1. The van der Waals surface area contributed by atoms with E-state index in [9.17, 15) is 5.11 Å². The van der Waals surface area contributed by atoms with Crippen LogP contribution in [0.15, 0.2) is 140 Å². The highest BCUT2D eigenvalue weighted by Gasteiger charge is 2.26. The zero-order chi connectivity index (χ0) is 49.4. The predicted molar refractivity (Wildman–Crippen MR) is 253 cm³/mol. The summed E-state index contributed by atoms with van der Waals surface area (Å²) in [5, 5.41) is 12.3. The highest BCUT2D eigenvalue weighted by Crippen LogP contribution is 2.44. The second kappa shape index (κ2) is 16.1. The number of fused-ring (bicyclic) bond motifs is 1. The standard InChI is InChI=1S/C56H57N3O/c1-34(2)40-23-24-51(48(30-40)39-15-12-11-13-16-39)59-52-18-14-17-46(53(52)58-55(59)49-32-42(35(3)4)31-47(36(5)6)54(49)60)43-27-44(29-45(28-43)56(8,9)10)50-33-41(25-26-57-50)38-21-19-37(7)20-22-38/h11-36,60H,1-10H3/i7D3,19D,20D,21D,22D,34D. The van der Waals surface area contributed by atoms with Gasteiger partial charge in [-0.1, -0.05) is 153 Å². The van der Waals surface area contributed by atoms with Crippen LogP contribution in [0.5, 0.6) is 5.75 Å². The molecule has 0 aliphatic heterocycles. The summed E-state index contributed by atoms with van der Waals surface area (Å²) in [5.74, 6) is 0.0611. The number of aromatic nitrogens is 3. The molecule has 0 aliphatic carbocycles. The summed E-state index contributed by atoms with van der Waals surface area (Å²) in [4.78, 5) is 10.3. The fourth-order valence-corrected chi connectivity index (χ4v) is 7.84. The lowest BCUT2D eigenvalue weighted by molar-refractivity contribution is 0.466. The third-order valence-corrected chi connectivity index (χ3v) is 11.4. The molecule has 4 heteroatoms. The van der Waals surface area contributed by atoms with Crippen molar-refractivity contribution in [2.45, 2.75) is 92.3 Å². The van der Waals surface area contributed by atoms with E-state index in [1.54, 1.807) is 18.3 Å². The van der Waals surface area contributed by atoms with Crippen LogP contribution < -0.4 is 0 Å². The smallest absolute Gasteiger partial charge is 0.149 e. The minimum Gasteiger partial charge on any atom is -0.507 e. The highest BCUT2D eigenvalue weighted by molar-refractivity contribution is 5.98. The Kier molecular flexibility index (Phi) is 8.47. The van der Waals surface area contributed by atoms with Crippen molar-refractivity contribution in [2.24, 2.45) is 0 Å². The van der Waals surface area contributed by atoms with Crippen molar-refractivity contribution in [3.8, 4) is 67.5 Å². The monoisotopic (exact) mass is 796 g/mol. The average Bonchev–Trinajstić information content (AvgIpc) is 3.67. The summed E-state index contributed by atoms with van der Waals surface area (Å²) >= 11 is 0. The summed E-state index contributed by atoms with van der Waals surface area (Å²) in [6.07, 6.45) is 1.56. The first kappa shape index (κ1) is 31.6. The minimum atomic E-state index is -2.82. The minimum absolute atomic E-state index is 0.00806. The molecule has 0 radical (unpaired) electrons. The van der Waals surface area contributed by atoms with Crippen LogP contribution in [0.4, 0.5) is 0 Å². The number of imidazole rings is 1. The number of rotatable bonds is 9. The number of hydrogen-bond donors (Lipinski definition) is 1. The second-order valence-electron chi connectivity index (χ2n) is 17.6. The Hall–Kier alpha value is -6.26. The van der Waals surface area contributed by atoms with Crippen LogP contribution >= 0.6 is 0 Å². The van der Waals surface area contributed by atoms with Crippen molar-refractivity contribution in [3.05, 3.63) is 167 Å². The molecule has 0 saturated carbocycles. The predicted octanol–water partition coefficient (Wildman–Crippen LogP) is 15.4. The summed E-state index contributed by atoms with van der Waals surface area (Å²) < 4.78 is 69.7. The van der Waals surface area contributed by atoms with Crippen LogP contribution in [0.25, 0.3) is 72.7 Å². The lowest BCUT2D eigenvalue weighted by atomic mass is 9.83. The van der Waals surface area contributed by atoms with Gasteiger partial charge in [-0.25, -0.2) is 4.98 Å². The lowest BCUT2D eigenvalue weighted by Gasteiger charge is -2.22. The van der Waals surface area contributed by atoms with Crippen LogP contribution in [0, 0.1) is 6.85 Å². The number of benzene rings is 6. The number of hydrogen-bond acceptors (Lipinski definition) is 3. The first-order valence-corrected chi connectivity index (χ1v) is 20.7. The van der Waals surface area contributed by atoms with Gasteiger partial charge in [0.1, 0.15) is 11.6 Å². The Morgan fingerprint density at radius 1 is 0.650 bits per heavy atom. The molecule has 2 heterocycles. The Balaban J connectivity index is 1.42. The van der Waals surface area contributed by atoms with E-state index >= 15 is 0 Å². The van der Waals surface area contributed by atoms with Crippen LogP contribution in [-0.4, -0.2) is 19.6 Å². The first-order chi connectivity index (χ1) is 31.9. The lowest BCUT2D eigenvalue weighted by Crippen LogP contribution is -2.11. The summed E-state index contributed by atoms with van der Waals surface area (Å²) in [5.41, 5.74) is 11.0. The zero-order valence-corrected chi connectivity index (χ0v) is 35.9. The molecular formula is C56H57N3O. The van der Waals surface area contributed by atoms with Crippen LogP contribution in [0.2, 0.25) is 0 Å². The molecule has 0 unspecified atom stereocenters. The molecule has 60 heavy (non-hydrogen) atoms. The van der Waals surface area contributed by atoms with Gasteiger partial charge in [0.25, 0.3) is 0 Å². The molecule has 0 saturated heterocycles. The van der Waals surface area contributed by atoms with Crippen LogP contribution in [0.3, 0.4) is 0 Å². The number of nitrogens with zero attached hydrogens (tertiary/aromatic N) is 3. The van der Waals surface area contributed by atoms with Gasteiger partial charge in [0, 0.05) is 28.4 Å². The largest absolute Gasteiger partial charge is 0.507 e. The second-order valence-corrected chi connectivity index (χ2v) is 17.6. The third kappa shape index (κ3) is 7.79. The molecule has 0 bridgehead atoms. The van der Waals surface area contributed by atoms with Crippen molar-refractivity contribution in [1.82, 2.24) is 14.5 Å². The topological polar surface area (TPSA) is 50.9 Å². The molecule has 0 aliphatic rings. The quantitative estimate of drug-likeness (QED) is 0.158. The van der Waals surface area contributed by atoms with Gasteiger partial charge < -0.3 is 5.11 Å². The Morgan fingerprint density at radius 3 is 2.07 bits per heavy atom. The molecule has 4 nitrogen and oxygen atoms in total. The number of pyridine rings is 1. The molecule has 8 aromatic rings. The van der Waals surface area contributed by atoms with Gasteiger partial charge in [-0.3, -0.25) is 9.55 Å². The zero-order valence-electron chi connectivity index (χ0n) is 43.9. The maximum absolute atomic E-state index is 12.3. The van der Waals surface area contributed by atoms with E-state index in [0.29, 0.717) is 28.2 Å². The molecule has 302 valence electrons. The molecule has 2 aromatic heterocycles. The Labute approximate surface area is 367 Å². The average molecular weight is 796 g/mol. The molecule has 0 spiro atoms. The van der Waals surface area contributed by atoms with Gasteiger partial charge in [0.15, 0.2) is 0 Å². The maximum Gasteiger partial charge on any atom is 0.149 e. The van der Waals surface area contributed by atoms with Crippen molar-refractivity contribution in [3.63, 3.8) is 0 Å². The van der Waals surface area contributed by atoms with Gasteiger partial charge in [-0.05, 0) is 123 Å². The van der Waals surface area contributed by atoms with E-state index in [1.807, 2.05) is 62.4 Å². The van der Waals surface area contributed by atoms with Crippen molar-refractivity contribution < 1.29 is 16.1 Å². The molecule has 0 atom stereocenters. The number of phenolic OH excluding ortho intramolecular Hbond substituents is 1.